The maximum Gasteiger partial charge on any atom is 0.259 e. The summed E-state index contributed by atoms with van der Waals surface area (Å²) in [6.45, 7) is 0. The fourth-order valence-corrected chi connectivity index (χ4v) is 2.69. The third kappa shape index (κ3) is 3.64. The Kier molecular flexibility index (Phi) is 5.12. The van der Waals surface area contributed by atoms with Crippen molar-refractivity contribution in [2.75, 3.05) is 14.2 Å². The maximum atomic E-state index is 12.3. The molecule has 0 radical (unpaired) electrons. The van der Waals surface area contributed by atoms with Gasteiger partial charge in [0.25, 0.3) is 5.91 Å². The molecule has 0 saturated carbocycles. The molecule has 2 aromatic rings. The normalized spacial score (nSPS) is 16.3. The van der Waals surface area contributed by atoms with E-state index in [0.717, 1.165) is 0 Å². The molecule has 1 aromatic heterocycles. The van der Waals surface area contributed by atoms with Gasteiger partial charge in [-0.15, -0.1) is 0 Å². The van der Waals surface area contributed by atoms with Crippen LogP contribution < -0.4 is 20.1 Å². The van der Waals surface area contributed by atoms with Gasteiger partial charge in [-0.05, 0) is 18.2 Å². The summed E-state index contributed by atoms with van der Waals surface area (Å²) in [5, 5.41) is 5.17. The second-order valence-corrected chi connectivity index (χ2v) is 5.52. The zero-order chi connectivity index (χ0) is 18.5. The summed E-state index contributed by atoms with van der Waals surface area (Å²) in [5.74, 6) is 0.486. The molecule has 1 aliphatic heterocycles. The molecule has 8 nitrogen and oxygen atoms in total. The van der Waals surface area contributed by atoms with Crippen molar-refractivity contribution in [1.82, 2.24) is 15.6 Å². The smallest absolute Gasteiger partial charge is 0.259 e. The molecule has 2 amide bonds. The summed E-state index contributed by atoms with van der Waals surface area (Å²) in [7, 11) is 3.07. The number of nitrogens with one attached hydrogen (secondary N) is 2. The molecule has 2 N–H and O–H groups in total. The summed E-state index contributed by atoms with van der Waals surface area (Å²) in [5.41, 5.74) is 1.07. The molecule has 8 heteroatoms. The molecule has 0 aliphatic carbocycles. The highest BCUT2D eigenvalue weighted by Gasteiger charge is 2.27. The maximum absolute atomic E-state index is 12.3. The minimum Gasteiger partial charge on any atom is -0.493 e. The van der Waals surface area contributed by atoms with Crippen LogP contribution in [-0.2, 0) is 4.79 Å². The first-order valence-electron chi connectivity index (χ1n) is 7.92. The second kappa shape index (κ2) is 7.64. The van der Waals surface area contributed by atoms with Crippen molar-refractivity contribution in [3.63, 3.8) is 0 Å². The fourth-order valence-electron chi connectivity index (χ4n) is 2.69. The van der Waals surface area contributed by atoms with Crippen molar-refractivity contribution in [2.24, 2.45) is 4.99 Å². The number of guanidine groups is 1. The first-order valence-corrected chi connectivity index (χ1v) is 7.92. The van der Waals surface area contributed by atoms with Crippen molar-refractivity contribution in [3.05, 3.63) is 53.9 Å². The Balaban J connectivity index is 1.88. The predicted molar refractivity (Wildman–Crippen MR) is 94.2 cm³/mol. The van der Waals surface area contributed by atoms with Crippen LogP contribution in [0.4, 0.5) is 0 Å². The number of para-hydroxylation sites is 1. The van der Waals surface area contributed by atoms with E-state index in [1.165, 1.54) is 20.4 Å². The van der Waals surface area contributed by atoms with Gasteiger partial charge in [-0.3, -0.25) is 25.2 Å². The molecule has 0 bridgehead atoms. The molecular weight excluding hydrogens is 336 g/mol. The van der Waals surface area contributed by atoms with E-state index in [1.54, 1.807) is 30.5 Å². The van der Waals surface area contributed by atoms with E-state index in [4.69, 9.17) is 9.47 Å². The van der Waals surface area contributed by atoms with Gasteiger partial charge in [0.05, 0.1) is 32.2 Å². The highest BCUT2D eigenvalue weighted by Crippen LogP contribution is 2.37. The van der Waals surface area contributed by atoms with Crippen molar-refractivity contribution in [2.45, 2.75) is 12.5 Å². The van der Waals surface area contributed by atoms with Gasteiger partial charge in [0.15, 0.2) is 11.5 Å². The number of rotatable bonds is 4. The number of hydrogen-bond donors (Lipinski definition) is 2. The molecule has 0 fully saturated rings. The molecule has 134 valence electrons. The lowest BCUT2D eigenvalue weighted by Gasteiger charge is -2.23. The van der Waals surface area contributed by atoms with Crippen LogP contribution in [0.15, 0.2) is 47.7 Å². The van der Waals surface area contributed by atoms with Gasteiger partial charge < -0.3 is 9.47 Å². The van der Waals surface area contributed by atoms with Crippen LogP contribution in [-0.4, -0.2) is 37.0 Å². The molecule has 1 aromatic carbocycles. The SMILES string of the molecule is COc1cccc(C2CC(=O)NC(NC(=O)c3cccnc3)=N2)c1OC. The first kappa shape index (κ1) is 17.4. The highest BCUT2D eigenvalue weighted by atomic mass is 16.5. The molecule has 1 unspecified atom stereocenters. The van der Waals surface area contributed by atoms with Gasteiger partial charge in [-0.2, -0.15) is 0 Å². The molecule has 1 aliphatic rings. The van der Waals surface area contributed by atoms with Crippen LogP contribution in [0.5, 0.6) is 11.5 Å². The Labute approximate surface area is 150 Å². The number of benzene rings is 1. The monoisotopic (exact) mass is 354 g/mol. The molecule has 0 spiro atoms. The Morgan fingerprint density at radius 2 is 2.08 bits per heavy atom. The minimum atomic E-state index is -0.502. The fraction of sp³-hybridized carbons (Fsp3) is 0.222. The average Bonchev–Trinajstić information content (AvgIpc) is 2.67. The molecule has 2 heterocycles. The third-order valence-electron chi connectivity index (χ3n) is 3.87. The topological polar surface area (TPSA) is 102 Å². The minimum absolute atomic E-state index is 0.0879. The van der Waals surface area contributed by atoms with Crippen LogP contribution in [0.3, 0.4) is 0 Å². The van der Waals surface area contributed by atoms with Crippen LogP contribution in [0.2, 0.25) is 0 Å². The quantitative estimate of drug-likeness (QED) is 0.865. The van der Waals surface area contributed by atoms with Crippen molar-refractivity contribution < 1.29 is 19.1 Å². The number of aromatic nitrogens is 1. The number of carbonyl (C=O) groups excluding carboxylic acids is 2. The van der Waals surface area contributed by atoms with Crippen molar-refractivity contribution >= 4 is 17.8 Å². The van der Waals surface area contributed by atoms with E-state index in [2.05, 4.69) is 20.6 Å². The summed E-state index contributed by atoms with van der Waals surface area (Å²) in [6.07, 6.45) is 3.14. The molecule has 3 rings (SSSR count). The standard InChI is InChI=1S/C18H18N4O4/c1-25-14-7-3-6-12(16(14)26-2)13-9-15(23)21-18(20-13)22-17(24)11-5-4-8-19-10-11/h3-8,10,13H,9H2,1-2H3,(H2,20,21,22,23,24). The van der Waals surface area contributed by atoms with E-state index < -0.39 is 11.9 Å². The Bertz CT molecular complexity index is 852. The number of aliphatic imine (C=N–C) groups is 1. The van der Waals surface area contributed by atoms with E-state index in [0.29, 0.717) is 22.6 Å². The van der Waals surface area contributed by atoms with Gasteiger partial charge in [-0.1, -0.05) is 12.1 Å². The first-order chi connectivity index (χ1) is 12.6. The van der Waals surface area contributed by atoms with Gasteiger partial charge in [0.2, 0.25) is 11.9 Å². The van der Waals surface area contributed by atoms with Crippen LogP contribution in [0.1, 0.15) is 28.4 Å². The molecule has 0 saturated heterocycles. The van der Waals surface area contributed by atoms with E-state index in [9.17, 15) is 9.59 Å². The van der Waals surface area contributed by atoms with Gasteiger partial charge >= 0.3 is 0 Å². The van der Waals surface area contributed by atoms with Crippen LogP contribution >= 0.6 is 0 Å². The van der Waals surface area contributed by atoms with Gasteiger partial charge in [0.1, 0.15) is 0 Å². The summed E-state index contributed by atoms with van der Waals surface area (Å²) in [4.78, 5) is 32.7. The lowest BCUT2D eigenvalue weighted by atomic mass is 10.0. The number of nitrogens with zero attached hydrogens (tertiary/aromatic N) is 2. The van der Waals surface area contributed by atoms with Gasteiger partial charge in [0, 0.05) is 18.0 Å². The lowest BCUT2D eigenvalue weighted by Crippen LogP contribution is -2.47. The van der Waals surface area contributed by atoms with E-state index in [-0.39, 0.29) is 18.3 Å². The predicted octanol–water partition coefficient (Wildman–Crippen LogP) is 1.45. The number of pyridine rings is 1. The van der Waals surface area contributed by atoms with Crippen LogP contribution in [0, 0.1) is 0 Å². The van der Waals surface area contributed by atoms with Gasteiger partial charge in [-0.25, -0.2) is 4.99 Å². The second-order valence-electron chi connectivity index (χ2n) is 5.52. The van der Waals surface area contributed by atoms with Crippen LogP contribution in [0.25, 0.3) is 0 Å². The number of carbonyl (C=O) groups is 2. The summed E-state index contributed by atoms with van der Waals surface area (Å²) < 4.78 is 10.7. The lowest BCUT2D eigenvalue weighted by molar-refractivity contribution is -0.120. The Morgan fingerprint density at radius 3 is 2.77 bits per heavy atom. The number of ether oxygens (including phenoxy) is 2. The number of hydrogen-bond acceptors (Lipinski definition) is 6. The highest BCUT2D eigenvalue weighted by molar-refractivity contribution is 6.10. The largest absolute Gasteiger partial charge is 0.493 e. The number of methoxy groups -OCH3 is 2. The number of amides is 2. The van der Waals surface area contributed by atoms with E-state index in [1.807, 2.05) is 6.07 Å². The molecule has 1 atom stereocenters. The Hall–Kier alpha value is -3.42. The zero-order valence-electron chi connectivity index (χ0n) is 14.4. The van der Waals surface area contributed by atoms with E-state index >= 15 is 0 Å². The zero-order valence-corrected chi connectivity index (χ0v) is 14.4. The summed E-state index contributed by atoms with van der Waals surface area (Å²) >= 11 is 0. The molecule has 26 heavy (non-hydrogen) atoms. The third-order valence-corrected chi connectivity index (χ3v) is 3.87. The van der Waals surface area contributed by atoms with Crippen molar-refractivity contribution in [3.8, 4) is 11.5 Å². The Morgan fingerprint density at radius 1 is 1.23 bits per heavy atom. The molecular formula is C18H18N4O4. The van der Waals surface area contributed by atoms with Crippen molar-refractivity contribution in [1.29, 1.82) is 0 Å². The summed E-state index contributed by atoms with van der Waals surface area (Å²) in [6, 6.07) is 8.15. The average molecular weight is 354 g/mol.